The van der Waals surface area contributed by atoms with Crippen molar-refractivity contribution in [2.75, 3.05) is 51.3 Å². The summed E-state index contributed by atoms with van der Waals surface area (Å²) in [6.07, 6.45) is 0.823. The molecule has 1 aromatic heterocycles. The summed E-state index contributed by atoms with van der Waals surface area (Å²) in [5.41, 5.74) is -0.371. The molecule has 152 valence electrons. The fourth-order valence-electron chi connectivity index (χ4n) is 2.86. The highest BCUT2D eigenvalue weighted by atomic mass is 16.5. The molecule has 0 saturated carbocycles. The molecule has 1 aliphatic rings. The molecule has 0 spiro atoms. The third-order valence-electron chi connectivity index (χ3n) is 4.16. The maximum absolute atomic E-state index is 12.6. The minimum atomic E-state index is -0.371. The number of rotatable bonds is 7. The zero-order chi connectivity index (χ0) is 19.9. The van der Waals surface area contributed by atoms with E-state index in [2.05, 4.69) is 15.8 Å². The molecule has 27 heavy (non-hydrogen) atoms. The molecule has 0 atom stereocenters. The van der Waals surface area contributed by atoms with Crippen LogP contribution in [0.1, 0.15) is 33.0 Å². The van der Waals surface area contributed by atoms with Crippen molar-refractivity contribution in [2.24, 2.45) is 0 Å². The lowest BCUT2D eigenvalue weighted by atomic mass is 10.1. The Morgan fingerprint density at radius 2 is 2.00 bits per heavy atom. The summed E-state index contributed by atoms with van der Waals surface area (Å²) in [5, 5.41) is 9.34. The minimum Gasteiger partial charge on any atom is -0.370 e. The third kappa shape index (κ3) is 7.96. The molecule has 0 aromatic carbocycles. The van der Waals surface area contributed by atoms with Crippen LogP contribution < -0.4 is 15.5 Å². The molecule has 0 aliphatic carbocycles. The van der Waals surface area contributed by atoms with Crippen molar-refractivity contribution >= 4 is 17.8 Å². The summed E-state index contributed by atoms with van der Waals surface area (Å²) in [6.45, 7) is 12.5. The first-order chi connectivity index (χ1) is 12.7. The summed E-state index contributed by atoms with van der Waals surface area (Å²) >= 11 is 0. The van der Waals surface area contributed by atoms with E-state index in [0.29, 0.717) is 18.1 Å². The Hall–Kier alpha value is -2.13. The molecule has 1 aliphatic heterocycles. The summed E-state index contributed by atoms with van der Waals surface area (Å²) in [7, 11) is 0. The lowest BCUT2D eigenvalue weighted by Gasteiger charge is -2.29. The lowest BCUT2D eigenvalue weighted by Crippen LogP contribution is -3.14. The molecule has 2 rings (SSSR count). The molecule has 0 radical (unpaired) electrons. The van der Waals surface area contributed by atoms with Crippen LogP contribution in [0.25, 0.3) is 0 Å². The van der Waals surface area contributed by atoms with E-state index in [1.54, 1.807) is 17.9 Å². The second-order valence-corrected chi connectivity index (χ2v) is 7.94. The number of hydrogen-bond donors (Lipinski definition) is 3. The van der Waals surface area contributed by atoms with Gasteiger partial charge < -0.3 is 29.7 Å². The highest BCUT2D eigenvalue weighted by molar-refractivity contribution is 5.93. The number of morpholine rings is 1. The molecule has 1 aromatic rings. The average Bonchev–Trinajstić information content (AvgIpc) is 2.98. The number of aryl methyl sites for hydroxylation is 1. The molecule has 9 nitrogen and oxygen atoms in total. The number of nitrogens with one attached hydrogen (secondary N) is 3. The number of carbonyl (C=O) groups is 2. The lowest BCUT2D eigenvalue weighted by molar-refractivity contribution is -0.908. The molecule has 1 fully saturated rings. The first-order valence-corrected chi connectivity index (χ1v) is 9.44. The fraction of sp³-hybridized carbons (Fsp3) is 0.722. The van der Waals surface area contributed by atoms with Gasteiger partial charge in [0.25, 0.3) is 0 Å². The van der Waals surface area contributed by atoms with Crippen molar-refractivity contribution in [1.82, 2.24) is 15.4 Å². The number of amides is 3. The van der Waals surface area contributed by atoms with Crippen LogP contribution in [0.4, 0.5) is 10.6 Å². The van der Waals surface area contributed by atoms with Crippen molar-refractivity contribution in [1.29, 1.82) is 0 Å². The number of anilines is 1. The predicted octanol–water partition coefficient (Wildman–Crippen LogP) is 0.0368. The standard InChI is InChI=1S/C18H31N5O4/c1-14-12-15(21-27-14)19-16(24)13-23(17(25)20-18(2,3)4)7-5-6-22-8-10-26-11-9-22/h12H,5-11,13H2,1-4H3,(H,20,25)(H,19,21,24)/p+1. The number of carbonyl (C=O) groups excluding carboxylic acids is 2. The molecular weight excluding hydrogens is 350 g/mol. The third-order valence-corrected chi connectivity index (χ3v) is 4.16. The van der Waals surface area contributed by atoms with E-state index >= 15 is 0 Å². The van der Waals surface area contributed by atoms with Gasteiger partial charge in [-0.1, -0.05) is 5.16 Å². The number of nitrogens with zero attached hydrogens (tertiary/aromatic N) is 2. The molecule has 9 heteroatoms. The van der Waals surface area contributed by atoms with Gasteiger partial charge in [0.15, 0.2) is 5.82 Å². The van der Waals surface area contributed by atoms with Gasteiger partial charge in [-0.3, -0.25) is 4.79 Å². The van der Waals surface area contributed by atoms with Crippen molar-refractivity contribution in [3.63, 3.8) is 0 Å². The minimum absolute atomic E-state index is 0.0355. The van der Waals surface area contributed by atoms with Crippen LogP contribution >= 0.6 is 0 Å². The van der Waals surface area contributed by atoms with E-state index < -0.39 is 0 Å². The maximum Gasteiger partial charge on any atom is 0.318 e. The molecule has 3 amide bonds. The first-order valence-electron chi connectivity index (χ1n) is 9.44. The van der Waals surface area contributed by atoms with Gasteiger partial charge in [-0.15, -0.1) is 0 Å². The number of urea groups is 1. The van der Waals surface area contributed by atoms with Gasteiger partial charge in [0, 0.05) is 24.6 Å². The highest BCUT2D eigenvalue weighted by Gasteiger charge is 2.23. The van der Waals surface area contributed by atoms with Crippen LogP contribution in [0.5, 0.6) is 0 Å². The molecule has 1 saturated heterocycles. The number of hydrogen-bond acceptors (Lipinski definition) is 5. The van der Waals surface area contributed by atoms with E-state index in [1.807, 2.05) is 20.8 Å². The van der Waals surface area contributed by atoms with E-state index in [4.69, 9.17) is 9.26 Å². The Balaban J connectivity index is 1.89. The highest BCUT2D eigenvalue weighted by Crippen LogP contribution is 2.07. The summed E-state index contributed by atoms with van der Waals surface area (Å²) in [6, 6.07) is 1.39. The van der Waals surface area contributed by atoms with Gasteiger partial charge in [0.05, 0.1) is 19.8 Å². The summed E-state index contributed by atoms with van der Waals surface area (Å²) in [4.78, 5) is 28.0. The molecule has 0 unspecified atom stereocenters. The number of aromatic nitrogens is 1. The Kier molecular flexibility index (Phi) is 7.61. The van der Waals surface area contributed by atoms with Crippen LogP contribution in [0.3, 0.4) is 0 Å². The SMILES string of the molecule is Cc1cc(NC(=O)CN(CCC[NH+]2CCOCC2)C(=O)NC(C)(C)C)no1. The van der Waals surface area contributed by atoms with Crippen LogP contribution in [0.2, 0.25) is 0 Å². The predicted molar refractivity (Wildman–Crippen MR) is 101 cm³/mol. The Labute approximate surface area is 160 Å². The second-order valence-electron chi connectivity index (χ2n) is 7.94. The maximum atomic E-state index is 12.6. The van der Waals surface area contributed by atoms with E-state index in [1.165, 1.54) is 4.90 Å². The zero-order valence-corrected chi connectivity index (χ0v) is 16.8. The van der Waals surface area contributed by atoms with Crippen molar-refractivity contribution in [3.8, 4) is 0 Å². The van der Waals surface area contributed by atoms with Crippen LogP contribution in [-0.4, -0.2) is 73.5 Å². The van der Waals surface area contributed by atoms with E-state index in [-0.39, 0.29) is 24.0 Å². The van der Waals surface area contributed by atoms with Gasteiger partial charge in [-0.25, -0.2) is 4.79 Å². The topological polar surface area (TPSA) is 101 Å². The molecular formula is C18H32N5O4+. The van der Waals surface area contributed by atoms with Crippen molar-refractivity contribution in [3.05, 3.63) is 11.8 Å². The Bertz CT molecular complexity index is 620. The fourth-order valence-corrected chi connectivity index (χ4v) is 2.86. The van der Waals surface area contributed by atoms with E-state index in [9.17, 15) is 9.59 Å². The Morgan fingerprint density at radius 1 is 1.30 bits per heavy atom. The van der Waals surface area contributed by atoms with Gasteiger partial charge in [-0.2, -0.15) is 0 Å². The van der Waals surface area contributed by atoms with Crippen molar-refractivity contribution in [2.45, 2.75) is 39.7 Å². The summed E-state index contributed by atoms with van der Waals surface area (Å²) < 4.78 is 10.3. The largest absolute Gasteiger partial charge is 0.370 e. The average molecular weight is 382 g/mol. The van der Waals surface area contributed by atoms with Gasteiger partial charge in [-0.05, 0) is 27.7 Å². The first kappa shape index (κ1) is 21.2. The van der Waals surface area contributed by atoms with Gasteiger partial charge >= 0.3 is 6.03 Å². The van der Waals surface area contributed by atoms with E-state index in [0.717, 1.165) is 39.3 Å². The van der Waals surface area contributed by atoms with Crippen LogP contribution in [0.15, 0.2) is 10.6 Å². The quantitative estimate of drug-likeness (QED) is 0.618. The van der Waals surface area contributed by atoms with Crippen LogP contribution in [0, 0.1) is 6.92 Å². The Morgan fingerprint density at radius 3 is 2.59 bits per heavy atom. The van der Waals surface area contributed by atoms with Crippen molar-refractivity contribution < 1.29 is 23.7 Å². The normalized spacial score (nSPS) is 15.4. The van der Waals surface area contributed by atoms with Gasteiger partial charge in [0.1, 0.15) is 25.4 Å². The van der Waals surface area contributed by atoms with Crippen LogP contribution in [-0.2, 0) is 9.53 Å². The second kappa shape index (κ2) is 9.70. The molecule has 3 N–H and O–H groups in total. The molecule has 0 bridgehead atoms. The number of quaternary nitrogens is 1. The number of ether oxygens (including phenoxy) is 1. The monoisotopic (exact) mass is 382 g/mol. The smallest absolute Gasteiger partial charge is 0.318 e. The molecule has 2 heterocycles. The zero-order valence-electron chi connectivity index (χ0n) is 16.8. The van der Waals surface area contributed by atoms with Gasteiger partial charge in [0.2, 0.25) is 5.91 Å². The summed E-state index contributed by atoms with van der Waals surface area (Å²) in [5.74, 6) is 0.665.